The zero-order valence-electron chi connectivity index (χ0n) is 14.7. The van der Waals surface area contributed by atoms with Crippen LogP contribution in [0.2, 0.25) is 0 Å². The summed E-state index contributed by atoms with van der Waals surface area (Å²) in [6, 6.07) is 9.90. The molecule has 0 saturated carbocycles. The first kappa shape index (κ1) is 15.8. The normalized spacial score (nSPS) is 19.4. The van der Waals surface area contributed by atoms with Gasteiger partial charge >= 0.3 is 0 Å². The summed E-state index contributed by atoms with van der Waals surface area (Å²) >= 11 is 0. The van der Waals surface area contributed by atoms with E-state index in [1.54, 1.807) is 12.4 Å². The number of fused-ring (bicyclic) bond motifs is 1. The predicted molar refractivity (Wildman–Crippen MR) is 98.0 cm³/mol. The molecule has 0 aliphatic carbocycles. The topological polar surface area (TPSA) is 56.1 Å². The Kier molecular flexibility index (Phi) is 3.79. The lowest BCUT2D eigenvalue weighted by atomic mass is 9.93. The molecule has 1 atom stereocenters. The number of hydrogen-bond donors (Lipinski definition) is 0. The van der Waals surface area contributed by atoms with E-state index in [0.29, 0.717) is 13.2 Å². The van der Waals surface area contributed by atoms with Crippen LogP contribution in [0.4, 0.5) is 0 Å². The Morgan fingerprint density at radius 1 is 0.840 bits per heavy atom. The highest BCUT2D eigenvalue weighted by Gasteiger charge is 2.32. The summed E-state index contributed by atoms with van der Waals surface area (Å²) < 4.78 is 11.4. The molecule has 1 aromatic heterocycles. The van der Waals surface area contributed by atoms with Crippen LogP contribution in [0.15, 0.2) is 52.7 Å². The molecule has 0 amide bonds. The number of rotatable bonds is 2. The number of aliphatic imine (C=N–C) groups is 2. The molecule has 2 aliphatic rings. The van der Waals surface area contributed by atoms with Gasteiger partial charge in [0.2, 0.25) is 0 Å². The van der Waals surface area contributed by atoms with Crippen molar-refractivity contribution in [1.29, 1.82) is 0 Å². The summed E-state index contributed by atoms with van der Waals surface area (Å²) in [5.41, 5.74) is 3.76. The van der Waals surface area contributed by atoms with Gasteiger partial charge in [0.15, 0.2) is 11.5 Å². The van der Waals surface area contributed by atoms with E-state index in [1.165, 1.54) is 0 Å². The minimum atomic E-state index is -0.112. The second-order valence-electron chi connectivity index (χ2n) is 7.29. The number of ether oxygens (including phenoxy) is 2. The van der Waals surface area contributed by atoms with Crippen LogP contribution in [0.5, 0.6) is 11.5 Å². The third-order valence-corrected chi connectivity index (χ3v) is 4.27. The first-order valence-electron chi connectivity index (χ1n) is 8.49. The molecule has 0 fully saturated rings. The molecule has 5 nitrogen and oxygen atoms in total. The van der Waals surface area contributed by atoms with Crippen molar-refractivity contribution in [3.05, 3.63) is 53.9 Å². The van der Waals surface area contributed by atoms with E-state index in [9.17, 15) is 0 Å². The Bertz CT molecular complexity index is 851. The standard InChI is InChI=1S/C20H21N3O2/c1-20(2,3)19-22-17(13-6-8-21-9-7-13)18(23-19)14-4-5-15-16(12-14)25-11-10-24-15/h4-9,12,19H,10-11H2,1-3H3. The predicted octanol–water partition coefficient (Wildman–Crippen LogP) is 3.52. The number of nitrogens with zero attached hydrogens (tertiary/aromatic N) is 3. The molecule has 1 aromatic carbocycles. The van der Waals surface area contributed by atoms with Crippen molar-refractivity contribution in [2.24, 2.45) is 15.4 Å². The van der Waals surface area contributed by atoms with E-state index >= 15 is 0 Å². The van der Waals surface area contributed by atoms with Gasteiger partial charge in [-0.2, -0.15) is 0 Å². The van der Waals surface area contributed by atoms with Gasteiger partial charge in [0.25, 0.3) is 0 Å². The number of hydrogen-bond acceptors (Lipinski definition) is 5. The molecule has 0 bridgehead atoms. The lowest BCUT2D eigenvalue weighted by Gasteiger charge is -2.21. The first-order chi connectivity index (χ1) is 12.0. The van der Waals surface area contributed by atoms with Crippen molar-refractivity contribution in [2.75, 3.05) is 13.2 Å². The van der Waals surface area contributed by atoms with Crippen LogP contribution in [-0.2, 0) is 0 Å². The fourth-order valence-electron chi connectivity index (χ4n) is 2.91. The van der Waals surface area contributed by atoms with Crippen LogP contribution in [0.3, 0.4) is 0 Å². The molecular weight excluding hydrogens is 314 g/mol. The highest BCUT2D eigenvalue weighted by Crippen LogP contribution is 2.34. The van der Waals surface area contributed by atoms with Crippen molar-refractivity contribution >= 4 is 11.4 Å². The molecular formula is C20H21N3O2. The molecule has 5 heteroatoms. The van der Waals surface area contributed by atoms with Crippen molar-refractivity contribution in [3.8, 4) is 11.5 Å². The Balaban J connectivity index is 1.79. The maximum Gasteiger partial charge on any atom is 0.162 e. The van der Waals surface area contributed by atoms with Crippen LogP contribution in [0.25, 0.3) is 0 Å². The molecule has 0 N–H and O–H groups in total. The molecule has 0 saturated heterocycles. The van der Waals surface area contributed by atoms with E-state index in [4.69, 9.17) is 19.5 Å². The summed E-state index contributed by atoms with van der Waals surface area (Å²) in [5, 5.41) is 0. The fraction of sp³-hybridized carbons (Fsp3) is 0.350. The highest BCUT2D eigenvalue weighted by molar-refractivity contribution is 6.54. The fourth-order valence-corrected chi connectivity index (χ4v) is 2.91. The van der Waals surface area contributed by atoms with Gasteiger partial charge in [0.05, 0.1) is 11.4 Å². The molecule has 4 rings (SSSR count). The van der Waals surface area contributed by atoms with E-state index in [0.717, 1.165) is 34.0 Å². The van der Waals surface area contributed by atoms with Crippen LogP contribution in [-0.4, -0.2) is 35.8 Å². The Morgan fingerprint density at radius 2 is 1.48 bits per heavy atom. The molecule has 2 aliphatic heterocycles. The third-order valence-electron chi connectivity index (χ3n) is 4.27. The summed E-state index contributed by atoms with van der Waals surface area (Å²) in [6.07, 6.45) is 3.45. The zero-order chi connectivity index (χ0) is 17.4. The average molecular weight is 335 g/mol. The lowest BCUT2D eigenvalue weighted by Crippen LogP contribution is -2.20. The minimum absolute atomic E-state index is 0.0478. The van der Waals surface area contributed by atoms with E-state index in [2.05, 4.69) is 25.8 Å². The third kappa shape index (κ3) is 3.02. The molecule has 25 heavy (non-hydrogen) atoms. The van der Waals surface area contributed by atoms with Crippen molar-refractivity contribution in [3.63, 3.8) is 0 Å². The molecule has 128 valence electrons. The maximum atomic E-state index is 5.73. The van der Waals surface area contributed by atoms with Crippen molar-refractivity contribution in [2.45, 2.75) is 26.9 Å². The largest absolute Gasteiger partial charge is 0.486 e. The van der Waals surface area contributed by atoms with Gasteiger partial charge in [-0.1, -0.05) is 20.8 Å². The quantitative estimate of drug-likeness (QED) is 0.844. The second-order valence-corrected chi connectivity index (χ2v) is 7.29. The lowest BCUT2D eigenvalue weighted by molar-refractivity contribution is 0.171. The second kappa shape index (κ2) is 5.99. The summed E-state index contributed by atoms with van der Waals surface area (Å²) in [6.45, 7) is 7.62. The van der Waals surface area contributed by atoms with Gasteiger partial charge in [0, 0.05) is 28.9 Å². The Labute approximate surface area is 147 Å². The van der Waals surface area contributed by atoms with Gasteiger partial charge in [-0.05, 0) is 30.3 Å². The van der Waals surface area contributed by atoms with Gasteiger partial charge < -0.3 is 9.47 Å². The van der Waals surface area contributed by atoms with Crippen LogP contribution in [0.1, 0.15) is 31.9 Å². The molecule has 2 aromatic rings. The van der Waals surface area contributed by atoms with Crippen molar-refractivity contribution < 1.29 is 9.47 Å². The van der Waals surface area contributed by atoms with Crippen molar-refractivity contribution in [1.82, 2.24) is 4.98 Å². The molecule has 1 unspecified atom stereocenters. The number of pyridine rings is 1. The Hall–Kier alpha value is -2.69. The van der Waals surface area contributed by atoms with Gasteiger partial charge in [0.1, 0.15) is 19.4 Å². The monoisotopic (exact) mass is 335 g/mol. The smallest absolute Gasteiger partial charge is 0.162 e. The van der Waals surface area contributed by atoms with E-state index < -0.39 is 0 Å². The highest BCUT2D eigenvalue weighted by atomic mass is 16.6. The molecule has 3 heterocycles. The molecule has 0 radical (unpaired) electrons. The Morgan fingerprint density at radius 3 is 2.16 bits per heavy atom. The minimum Gasteiger partial charge on any atom is -0.486 e. The van der Waals surface area contributed by atoms with Crippen LogP contribution >= 0.6 is 0 Å². The van der Waals surface area contributed by atoms with Crippen LogP contribution in [0, 0.1) is 5.41 Å². The number of aromatic nitrogens is 1. The summed E-state index contributed by atoms with van der Waals surface area (Å²) in [4.78, 5) is 14.0. The SMILES string of the molecule is CC(C)(C)C1N=C(c2ccncc2)C(c2ccc3c(c2)OCCO3)=N1. The molecule has 0 spiro atoms. The first-order valence-corrected chi connectivity index (χ1v) is 8.49. The average Bonchev–Trinajstić information content (AvgIpc) is 3.08. The summed E-state index contributed by atoms with van der Waals surface area (Å²) in [7, 11) is 0. The number of benzene rings is 1. The van der Waals surface area contributed by atoms with E-state index in [-0.39, 0.29) is 11.6 Å². The summed E-state index contributed by atoms with van der Waals surface area (Å²) in [5.74, 6) is 1.54. The van der Waals surface area contributed by atoms with Gasteiger partial charge in [-0.25, -0.2) is 0 Å². The van der Waals surface area contributed by atoms with Gasteiger partial charge in [-0.3, -0.25) is 15.0 Å². The van der Waals surface area contributed by atoms with Crippen LogP contribution < -0.4 is 9.47 Å². The van der Waals surface area contributed by atoms with E-state index in [1.807, 2.05) is 30.3 Å². The maximum absolute atomic E-state index is 5.73. The van der Waals surface area contributed by atoms with Gasteiger partial charge in [-0.15, -0.1) is 0 Å². The zero-order valence-corrected chi connectivity index (χ0v) is 14.7.